The summed E-state index contributed by atoms with van der Waals surface area (Å²) in [7, 11) is 3.38. The zero-order chi connectivity index (χ0) is 15.1. The Hall–Kier alpha value is -2.00. The van der Waals surface area contributed by atoms with Gasteiger partial charge in [0.1, 0.15) is 11.5 Å². The second-order valence-electron chi connectivity index (χ2n) is 4.94. The zero-order valence-electron chi connectivity index (χ0n) is 12.9. The van der Waals surface area contributed by atoms with E-state index in [1.165, 1.54) is 11.1 Å². The first-order chi connectivity index (χ1) is 10.3. The van der Waals surface area contributed by atoms with Crippen LogP contribution in [0.2, 0.25) is 0 Å². The molecule has 0 spiro atoms. The molecule has 0 amide bonds. The fraction of sp³-hybridized carbons (Fsp3) is 0.333. The first-order valence-corrected chi connectivity index (χ1v) is 7.27. The van der Waals surface area contributed by atoms with Crippen molar-refractivity contribution in [3.05, 3.63) is 59.7 Å². The van der Waals surface area contributed by atoms with Crippen molar-refractivity contribution < 1.29 is 9.47 Å². The molecule has 3 heteroatoms. The average Bonchev–Trinajstić information content (AvgIpc) is 2.55. The number of benzene rings is 2. The number of hydrogen-bond acceptors (Lipinski definition) is 3. The van der Waals surface area contributed by atoms with Gasteiger partial charge in [-0.15, -0.1) is 0 Å². The topological polar surface area (TPSA) is 30.5 Å². The lowest BCUT2D eigenvalue weighted by molar-refractivity contribution is 0.414. The monoisotopic (exact) mass is 285 g/mol. The number of ether oxygens (including phenoxy) is 2. The van der Waals surface area contributed by atoms with Gasteiger partial charge in [0, 0.05) is 6.04 Å². The normalized spacial score (nSPS) is 12.0. The molecule has 1 atom stereocenters. The molecular weight excluding hydrogens is 262 g/mol. The van der Waals surface area contributed by atoms with Crippen LogP contribution in [-0.4, -0.2) is 20.8 Å². The molecule has 0 radical (unpaired) electrons. The highest BCUT2D eigenvalue weighted by Gasteiger charge is 2.11. The summed E-state index contributed by atoms with van der Waals surface area (Å²) in [5, 5.41) is 3.54. The van der Waals surface area contributed by atoms with E-state index >= 15 is 0 Å². The van der Waals surface area contributed by atoms with Crippen LogP contribution in [0.3, 0.4) is 0 Å². The fourth-order valence-corrected chi connectivity index (χ4v) is 2.39. The Kier molecular flexibility index (Phi) is 5.64. The molecule has 0 aliphatic carbocycles. The molecule has 1 N–H and O–H groups in total. The van der Waals surface area contributed by atoms with Gasteiger partial charge in [-0.3, -0.25) is 0 Å². The Bertz CT molecular complexity index is 534. The van der Waals surface area contributed by atoms with Crippen molar-refractivity contribution in [1.82, 2.24) is 5.32 Å². The highest BCUT2D eigenvalue weighted by Crippen LogP contribution is 2.22. The summed E-state index contributed by atoms with van der Waals surface area (Å²) in [5.74, 6) is 1.78. The molecule has 3 nitrogen and oxygen atoms in total. The molecule has 0 saturated heterocycles. The molecule has 112 valence electrons. The lowest BCUT2D eigenvalue weighted by atomic mass is 9.98. The molecule has 2 aromatic carbocycles. The number of likely N-dealkylation sites (N-methyl/N-ethyl adjacent to an activating group) is 1. The van der Waals surface area contributed by atoms with Crippen molar-refractivity contribution >= 4 is 0 Å². The third-order valence-electron chi connectivity index (χ3n) is 3.57. The van der Waals surface area contributed by atoms with Gasteiger partial charge in [-0.05, 0) is 48.4 Å². The molecule has 21 heavy (non-hydrogen) atoms. The smallest absolute Gasteiger partial charge is 0.118 e. The molecule has 0 aliphatic rings. The minimum absolute atomic E-state index is 0.300. The van der Waals surface area contributed by atoms with E-state index in [0.29, 0.717) is 6.04 Å². The van der Waals surface area contributed by atoms with Gasteiger partial charge in [0.2, 0.25) is 0 Å². The average molecular weight is 285 g/mol. The minimum Gasteiger partial charge on any atom is -0.497 e. The number of hydrogen-bond donors (Lipinski definition) is 1. The molecule has 0 fully saturated rings. The van der Waals surface area contributed by atoms with Gasteiger partial charge in [-0.1, -0.05) is 31.2 Å². The molecule has 0 saturated carbocycles. The summed E-state index contributed by atoms with van der Waals surface area (Å²) < 4.78 is 10.4. The van der Waals surface area contributed by atoms with Gasteiger partial charge in [0.25, 0.3) is 0 Å². The molecule has 0 bridgehead atoms. The maximum Gasteiger partial charge on any atom is 0.118 e. The summed E-state index contributed by atoms with van der Waals surface area (Å²) in [5.41, 5.74) is 2.56. The van der Waals surface area contributed by atoms with E-state index < -0.39 is 0 Å². The van der Waals surface area contributed by atoms with E-state index in [-0.39, 0.29) is 0 Å². The van der Waals surface area contributed by atoms with Crippen LogP contribution in [0.1, 0.15) is 24.1 Å². The molecule has 0 aromatic heterocycles. The van der Waals surface area contributed by atoms with Gasteiger partial charge in [-0.25, -0.2) is 0 Å². The van der Waals surface area contributed by atoms with E-state index in [0.717, 1.165) is 24.5 Å². The van der Waals surface area contributed by atoms with Crippen LogP contribution in [-0.2, 0) is 6.42 Å². The summed E-state index contributed by atoms with van der Waals surface area (Å²) in [6.07, 6.45) is 0.949. The largest absolute Gasteiger partial charge is 0.497 e. The predicted octanol–water partition coefficient (Wildman–Crippen LogP) is 3.60. The third-order valence-corrected chi connectivity index (χ3v) is 3.57. The molecule has 0 heterocycles. The quantitative estimate of drug-likeness (QED) is 0.843. The molecule has 0 aliphatic heterocycles. The fourth-order valence-electron chi connectivity index (χ4n) is 2.39. The lowest BCUT2D eigenvalue weighted by Crippen LogP contribution is -2.22. The van der Waals surface area contributed by atoms with E-state index in [9.17, 15) is 0 Å². The van der Waals surface area contributed by atoms with Crippen molar-refractivity contribution in [1.29, 1.82) is 0 Å². The van der Waals surface area contributed by atoms with Crippen molar-refractivity contribution in [3.63, 3.8) is 0 Å². The van der Waals surface area contributed by atoms with Gasteiger partial charge in [0.05, 0.1) is 14.2 Å². The summed E-state index contributed by atoms with van der Waals surface area (Å²) in [4.78, 5) is 0. The highest BCUT2D eigenvalue weighted by molar-refractivity contribution is 5.32. The Morgan fingerprint density at radius 3 is 1.86 bits per heavy atom. The maximum absolute atomic E-state index is 5.22. The van der Waals surface area contributed by atoms with E-state index in [1.54, 1.807) is 14.2 Å². The zero-order valence-corrected chi connectivity index (χ0v) is 12.9. The first-order valence-electron chi connectivity index (χ1n) is 7.27. The Balaban J connectivity index is 2.13. The SMILES string of the molecule is CCN[C@@H](Cc1ccc(OC)cc1)c1ccc(OC)cc1. The van der Waals surface area contributed by atoms with Crippen molar-refractivity contribution in [2.75, 3.05) is 20.8 Å². The summed E-state index contributed by atoms with van der Waals surface area (Å²) >= 11 is 0. The van der Waals surface area contributed by atoms with Gasteiger partial charge >= 0.3 is 0 Å². The second kappa shape index (κ2) is 7.70. The number of rotatable bonds is 7. The van der Waals surface area contributed by atoms with Crippen LogP contribution in [0.15, 0.2) is 48.5 Å². The van der Waals surface area contributed by atoms with Crippen LogP contribution in [0.25, 0.3) is 0 Å². The van der Waals surface area contributed by atoms with Crippen molar-refractivity contribution in [3.8, 4) is 11.5 Å². The molecule has 2 rings (SSSR count). The van der Waals surface area contributed by atoms with E-state index in [2.05, 4.69) is 36.5 Å². The molecule has 0 unspecified atom stereocenters. The van der Waals surface area contributed by atoms with Crippen LogP contribution >= 0.6 is 0 Å². The van der Waals surface area contributed by atoms with E-state index in [1.807, 2.05) is 24.3 Å². The Morgan fingerprint density at radius 2 is 1.38 bits per heavy atom. The van der Waals surface area contributed by atoms with Crippen LogP contribution in [0.5, 0.6) is 11.5 Å². The standard InChI is InChI=1S/C18H23NO2/c1-4-19-18(15-7-11-17(21-3)12-8-15)13-14-5-9-16(20-2)10-6-14/h5-12,18-19H,4,13H2,1-3H3/t18-/m0/s1. The molecule has 2 aromatic rings. The van der Waals surface area contributed by atoms with Crippen molar-refractivity contribution in [2.24, 2.45) is 0 Å². The van der Waals surface area contributed by atoms with Gasteiger partial charge in [0.15, 0.2) is 0 Å². The second-order valence-corrected chi connectivity index (χ2v) is 4.94. The summed E-state index contributed by atoms with van der Waals surface area (Å²) in [6.45, 7) is 3.07. The first kappa shape index (κ1) is 15.4. The van der Waals surface area contributed by atoms with Crippen LogP contribution in [0.4, 0.5) is 0 Å². The minimum atomic E-state index is 0.300. The van der Waals surface area contributed by atoms with E-state index in [4.69, 9.17) is 9.47 Å². The Morgan fingerprint density at radius 1 is 0.857 bits per heavy atom. The lowest BCUT2D eigenvalue weighted by Gasteiger charge is -2.19. The predicted molar refractivity (Wildman–Crippen MR) is 86.1 cm³/mol. The maximum atomic E-state index is 5.22. The molecular formula is C18H23NO2. The van der Waals surface area contributed by atoms with Gasteiger partial charge in [-0.2, -0.15) is 0 Å². The van der Waals surface area contributed by atoms with Gasteiger partial charge < -0.3 is 14.8 Å². The number of nitrogens with one attached hydrogen (secondary N) is 1. The van der Waals surface area contributed by atoms with Crippen LogP contribution < -0.4 is 14.8 Å². The van der Waals surface area contributed by atoms with Crippen LogP contribution in [0, 0.1) is 0 Å². The number of methoxy groups -OCH3 is 2. The highest BCUT2D eigenvalue weighted by atomic mass is 16.5. The van der Waals surface area contributed by atoms with Crippen molar-refractivity contribution in [2.45, 2.75) is 19.4 Å². The summed E-state index contributed by atoms with van der Waals surface area (Å²) in [6, 6.07) is 16.8. The third kappa shape index (κ3) is 4.23. The Labute approximate surface area is 126 Å².